The molecule has 1 heterocycles. The van der Waals surface area contributed by atoms with E-state index in [1.807, 2.05) is 0 Å². The van der Waals surface area contributed by atoms with Crippen LogP contribution in [0.5, 0.6) is 11.5 Å². The van der Waals surface area contributed by atoms with Crippen molar-refractivity contribution in [3.63, 3.8) is 0 Å². The minimum absolute atomic E-state index is 0.0967. The molecule has 0 radical (unpaired) electrons. The lowest BCUT2D eigenvalue weighted by atomic mass is 9.96. The summed E-state index contributed by atoms with van der Waals surface area (Å²) < 4.78 is 88.1. The normalized spacial score (nSPS) is 15.9. The Balaban J connectivity index is 1.71. The van der Waals surface area contributed by atoms with Crippen LogP contribution in [0.15, 0.2) is 54.7 Å². The molecule has 2 aromatic carbocycles. The molecule has 1 atom stereocenters. The Hall–Kier alpha value is -3.56. The predicted molar refractivity (Wildman–Crippen MR) is 110 cm³/mol. The van der Waals surface area contributed by atoms with Crippen LogP contribution in [0.3, 0.4) is 0 Å². The summed E-state index contributed by atoms with van der Waals surface area (Å²) in [6, 6.07) is 10.5. The molecule has 1 aromatic heterocycles. The number of ketones is 1. The summed E-state index contributed by atoms with van der Waals surface area (Å²) >= 11 is 0. The second-order valence-electron chi connectivity index (χ2n) is 7.72. The zero-order valence-electron chi connectivity index (χ0n) is 17.6. The summed E-state index contributed by atoms with van der Waals surface area (Å²) in [5.41, 5.74) is -0.0308. The van der Waals surface area contributed by atoms with Crippen molar-refractivity contribution in [1.82, 2.24) is 4.98 Å². The number of halogens is 6. The minimum Gasteiger partial charge on any atom is -0.496 e. The first-order valence-electron chi connectivity index (χ1n) is 10.1. The molecule has 1 aliphatic carbocycles. The molecule has 1 unspecified atom stereocenters. The van der Waals surface area contributed by atoms with Gasteiger partial charge in [0.15, 0.2) is 5.78 Å². The first kappa shape index (κ1) is 23.6. The van der Waals surface area contributed by atoms with Gasteiger partial charge in [0.2, 0.25) is 0 Å². The van der Waals surface area contributed by atoms with Crippen molar-refractivity contribution in [2.24, 2.45) is 5.92 Å². The van der Waals surface area contributed by atoms with Gasteiger partial charge in [-0.05, 0) is 42.3 Å². The van der Waals surface area contributed by atoms with Gasteiger partial charge in [0.05, 0.1) is 18.4 Å². The topological polar surface area (TPSA) is 48.4 Å². The molecule has 0 aliphatic heterocycles. The molecular weight excluding hydrogens is 464 g/mol. The third-order valence-corrected chi connectivity index (χ3v) is 5.57. The maximum absolute atomic E-state index is 13.3. The zero-order chi connectivity index (χ0) is 24.7. The number of hydrogen-bond acceptors (Lipinski definition) is 4. The number of ether oxygens (including phenoxy) is 2. The Morgan fingerprint density at radius 1 is 0.941 bits per heavy atom. The van der Waals surface area contributed by atoms with Crippen molar-refractivity contribution >= 4 is 5.78 Å². The van der Waals surface area contributed by atoms with Crippen molar-refractivity contribution in [3.05, 3.63) is 77.1 Å². The molecule has 3 aromatic rings. The first-order valence-corrected chi connectivity index (χ1v) is 10.1. The van der Waals surface area contributed by atoms with Gasteiger partial charge >= 0.3 is 12.5 Å². The van der Waals surface area contributed by atoms with Gasteiger partial charge in [0.25, 0.3) is 0 Å². The number of para-hydroxylation sites is 1. The van der Waals surface area contributed by atoms with Crippen LogP contribution in [0.25, 0.3) is 11.1 Å². The van der Waals surface area contributed by atoms with E-state index in [1.54, 1.807) is 0 Å². The molecule has 0 saturated heterocycles. The zero-order valence-corrected chi connectivity index (χ0v) is 17.6. The number of hydrogen-bond donors (Lipinski definition) is 0. The van der Waals surface area contributed by atoms with Crippen LogP contribution in [0, 0.1) is 5.92 Å². The largest absolute Gasteiger partial charge is 0.573 e. The van der Waals surface area contributed by atoms with Gasteiger partial charge in [0.1, 0.15) is 11.5 Å². The molecule has 178 valence electrons. The third kappa shape index (κ3) is 4.71. The van der Waals surface area contributed by atoms with E-state index in [0.717, 1.165) is 12.1 Å². The predicted octanol–water partition coefficient (Wildman–Crippen LogP) is 6.27. The number of benzene rings is 2. The number of rotatable bonds is 5. The van der Waals surface area contributed by atoms with Crippen molar-refractivity contribution in [3.8, 4) is 22.6 Å². The van der Waals surface area contributed by atoms with Crippen molar-refractivity contribution in [2.75, 3.05) is 7.11 Å². The van der Waals surface area contributed by atoms with Crippen molar-refractivity contribution in [2.45, 2.75) is 25.4 Å². The van der Waals surface area contributed by atoms with Gasteiger partial charge in [-0.3, -0.25) is 9.78 Å². The van der Waals surface area contributed by atoms with Gasteiger partial charge in [-0.2, -0.15) is 13.2 Å². The Kier molecular flexibility index (Phi) is 6.01. The number of nitrogens with zero attached hydrogens (tertiary/aromatic N) is 1. The van der Waals surface area contributed by atoms with E-state index >= 15 is 0 Å². The fourth-order valence-electron chi connectivity index (χ4n) is 4.14. The third-order valence-electron chi connectivity index (χ3n) is 5.57. The average molecular weight is 481 g/mol. The molecule has 10 heteroatoms. The summed E-state index contributed by atoms with van der Waals surface area (Å²) in [6.07, 6.45) is -8.41. The minimum atomic E-state index is -4.92. The second-order valence-corrected chi connectivity index (χ2v) is 7.72. The summed E-state index contributed by atoms with van der Waals surface area (Å²) in [5.74, 6) is -1.48. The number of aromatic nitrogens is 1. The summed E-state index contributed by atoms with van der Waals surface area (Å²) in [5, 5.41) is 0. The van der Waals surface area contributed by atoms with Crippen LogP contribution < -0.4 is 9.47 Å². The molecule has 0 amide bonds. The highest BCUT2D eigenvalue weighted by atomic mass is 19.4. The fourth-order valence-corrected chi connectivity index (χ4v) is 4.14. The standard InChI is InChI=1S/C24H17F6NO3/c1-33-21-12-16-13(10-17(21)15-5-2-3-7-20(15)34-24(28,29)30)9-14(22(16)32)11-19-18(23(25,26)27)6-4-8-31-19/h2-8,10,12,14H,9,11H2,1H3. The maximum Gasteiger partial charge on any atom is 0.573 e. The van der Waals surface area contributed by atoms with E-state index in [0.29, 0.717) is 5.56 Å². The fraction of sp³-hybridized carbons (Fsp3) is 0.250. The number of methoxy groups -OCH3 is 1. The average Bonchev–Trinajstić information content (AvgIpc) is 3.06. The number of pyridine rings is 1. The molecule has 1 aliphatic rings. The van der Waals surface area contributed by atoms with Crippen molar-refractivity contribution in [1.29, 1.82) is 0 Å². The maximum atomic E-state index is 13.3. The molecular formula is C24H17F6NO3. The van der Waals surface area contributed by atoms with Crippen LogP contribution in [0.2, 0.25) is 0 Å². The number of carbonyl (C=O) groups is 1. The van der Waals surface area contributed by atoms with E-state index in [1.165, 1.54) is 49.7 Å². The second kappa shape index (κ2) is 8.66. The summed E-state index contributed by atoms with van der Waals surface area (Å²) in [4.78, 5) is 16.8. The van der Waals surface area contributed by atoms with E-state index in [2.05, 4.69) is 9.72 Å². The molecule has 4 nitrogen and oxygen atoms in total. The monoisotopic (exact) mass is 481 g/mol. The molecule has 34 heavy (non-hydrogen) atoms. The number of carbonyl (C=O) groups excluding carboxylic acids is 1. The van der Waals surface area contributed by atoms with Crippen LogP contribution in [0.1, 0.15) is 27.2 Å². The van der Waals surface area contributed by atoms with Gasteiger partial charge < -0.3 is 9.47 Å². The van der Waals surface area contributed by atoms with Crippen LogP contribution in [0.4, 0.5) is 26.3 Å². The number of alkyl halides is 6. The van der Waals surface area contributed by atoms with Crippen LogP contribution >= 0.6 is 0 Å². The molecule has 0 fully saturated rings. The summed E-state index contributed by atoms with van der Waals surface area (Å²) in [6.45, 7) is 0. The lowest BCUT2D eigenvalue weighted by Gasteiger charge is -2.16. The number of fused-ring (bicyclic) bond motifs is 1. The van der Waals surface area contributed by atoms with Gasteiger partial charge in [0, 0.05) is 35.2 Å². The van der Waals surface area contributed by atoms with E-state index in [-0.39, 0.29) is 46.8 Å². The molecule has 0 bridgehead atoms. The Morgan fingerprint density at radius 2 is 1.68 bits per heavy atom. The van der Waals surface area contributed by atoms with Gasteiger partial charge in [-0.15, -0.1) is 13.2 Å². The Bertz CT molecular complexity index is 1240. The Morgan fingerprint density at radius 3 is 2.35 bits per heavy atom. The van der Waals surface area contributed by atoms with Gasteiger partial charge in [-0.25, -0.2) is 0 Å². The molecule has 0 N–H and O–H groups in total. The summed E-state index contributed by atoms with van der Waals surface area (Å²) in [7, 11) is 1.30. The molecule has 0 saturated carbocycles. The lowest BCUT2D eigenvalue weighted by molar-refractivity contribution is -0.274. The SMILES string of the molecule is COc1cc2c(cc1-c1ccccc1OC(F)(F)F)CC(Cc1ncccc1C(F)(F)F)C2=O. The highest BCUT2D eigenvalue weighted by Gasteiger charge is 2.38. The molecule has 4 rings (SSSR count). The molecule has 0 spiro atoms. The number of Topliss-reactive ketones (excluding diaryl/α,β-unsaturated/α-hetero) is 1. The lowest BCUT2D eigenvalue weighted by Crippen LogP contribution is -2.17. The first-order chi connectivity index (χ1) is 16.0. The highest BCUT2D eigenvalue weighted by molar-refractivity contribution is 6.03. The van der Waals surface area contributed by atoms with Gasteiger partial charge in [-0.1, -0.05) is 18.2 Å². The quantitative estimate of drug-likeness (QED) is 0.403. The van der Waals surface area contributed by atoms with E-state index < -0.39 is 29.8 Å². The Labute approximate surface area is 190 Å². The van der Waals surface area contributed by atoms with E-state index in [4.69, 9.17) is 4.74 Å². The smallest absolute Gasteiger partial charge is 0.496 e. The van der Waals surface area contributed by atoms with Crippen LogP contribution in [-0.4, -0.2) is 24.2 Å². The van der Waals surface area contributed by atoms with E-state index in [9.17, 15) is 31.1 Å². The highest BCUT2D eigenvalue weighted by Crippen LogP contribution is 2.43. The van der Waals surface area contributed by atoms with Crippen LogP contribution in [-0.2, 0) is 19.0 Å². The van der Waals surface area contributed by atoms with Crippen molar-refractivity contribution < 1.29 is 40.6 Å².